The standard InChI is InChI=1S/C24H36ClN3O2/c1-24(2,3)14-22(29)28(21-10-5-4-9-20(21)26)15-17-13-18(11-12-19(17)25)27-23(30)16-7-6-8-16/h11-13,16,20-21H,4-10,14-15,26H2,1-3H3,(H,27,30). The Morgan fingerprint density at radius 3 is 2.43 bits per heavy atom. The second kappa shape index (κ2) is 9.69. The van der Waals surface area contributed by atoms with Crippen molar-refractivity contribution in [1.29, 1.82) is 0 Å². The van der Waals surface area contributed by atoms with Crippen LogP contribution < -0.4 is 11.1 Å². The smallest absolute Gasteiger partial charge is 0.227 e. The monoisotopic (exact) mass is 433 g/mol. The maximum atomic E-state index is 13.3. The number of hydrogen-bond donors (Lipinski definition) is 2. The molecule has 0 spiro atoms. The van der Waals surface area contributed by atoms with Crippen molar-refractivity contribution in [2.75, 3.05) is 5.32 Å². The number of halogens is 1. The highest BCUT2D eigenvalue weighted by Gasteiger charge is 2.33. The molecule has 2 unspecified atom stereocenters. The summed E-state index contributed by atoms with van der Waals surface area (Å²) in [5.41, 5.74) is 7.93. The molecule has 0 aliphatic heterocycles. The van der Waals surface area contributed by atoms with Crippen LogP contribution in [0.3, 0.4) is 0 Å². The van der Waals surface area contributed by atoms with E-state index in [9.17, 15) is 9.59 Å². The first-order chi connectivity index (χ1) is 14.1. The summed E-state index contributed by atoms with van der Waals surface area (Å²) in [4.78, 5) is 27.6. The van der Waals surface area contributed by atoms with Crippen molar-refractivity contribution in [3.05, 3.63) is 28.8 Å². The molecule has 0 radical (unpaired) electrons. The van der Waals surface area contributed by atoms with Crippen molar-refractivity contribution in [2.45, 2.75) is 90.8 Å². The van der Waals surface area contributed by atoms with Gasteiger partial charge in [0.1, 0.15) is 0 Å². The second-order valence-electron chi connectivity index (χ2n) is 10.2. The highest BCUT2D eigenvalue weighted by molar-refractivity contribution is 6.31. The van der Waals surface area contributed by atoms with Crippen LogP contribution in [-0.2, 0) is 16.1 Å². The third-order valence-corrected chi connectivity index (χ3v) is 6.68. The molecule has 3 rings (SSSR count). The number of anilines is 1. The number of nitrogens with one attached hydrogen (secondary N) is 1. The lowest BCUT2D eigenvalue weighted by molar-refractivity contribution is -0.137. The summed E-state index contributed by atoms with van der Waals surface area (Å²) in [6.45, 7) is 6.65. The van der Waals surface area contributed by atoms with Gasteiger partial charge < -0.3 is 16.0 Å². The van der Waals surface area contributed by atoms with Gasteiger partial charge in [-0.2, -0.15) is 0 Å². The van der Waals surface area contributed by atoms with Gasteiger partial charge in [-0.1, -0.05) is 51.6 Å². The Hall–Kier alpha value is -1.59. The Morgan fingerprint density at radius 1 is 1.13 bits per heavy atom. The Morgan fingerprint density at radius 2 is 1.83 bits per heavy atom. The molecular weight excluding hydrogens is 398 g/mol. The number of carbonyl (C=O) groups excluding carboxylic acids is 2. The maximum absolute atomic E-state index is 13.3. The second-order valence-corrected chi connectivity index (χ2v) is 10.6. The number of nitrogens with zero attached hydrogens (tertiary/aromatic N) is 1. The van der Waals surface area contributed by atoms with Gasteiger partial charge >= 0.3 is 0 Å². The van der Waals surface area contributed by atoms with Gasteiger partial charge in [0.15, 0.2) is 0 Å². The summed E-state index contributed by atoms with van der Waals surface area (Å²) in [6, 6.07) is 5.56. The summed E-state index contributed by atoms with van der Waals surface area (Å²) in [7, 11) is 0. The van der Waals surface area contributed by atoms with E-state index in [-0.39, 0.29) is 35.2 Å². The van der Waals surface area contributed by atoms with Gasteiger partial charge in [-0.3, -0.25) is 9.59 Å². The average Bonchev–Trinajstić information content (AvgIpc) is 2.60. The van der Waals surface area contributed by atoms with Gasteiger partial charge in [-0.25, -0.2) is 0 Å². The predicted octanol–water partition coefficient (Wildman–Crippen LogP) is 5.11. The fraction of sp³-hybridized carbons (Fsp3) is 0.667. The molecule has 5 nitrogen and oxygen atoms in total. The molecule has 2 saturated carbocycles. The van der Waals surface area contributed by atoms with Crippen LogP contribution in [-0.4, -0.2) is 28.8 Å². The largest absolute Gasteiger partial charge is 0.334 e. The topological polar surface area (TPSA) is 75.4 Å². The number of benzene rings is 1. The van der Waals surface area contributed by atoms with E-state index >= 15 is 0 Å². The fourth-order valence-corrected chi connectivity index (χ4v) is 4.52. The van der Waals surface area contributed by atoms with Gasteiger partial charge in [0.2, 0.25) is 11.8 Å². The maximum Gasteiger partial charge on any atom is 0.227 e. The number of hydrogen-bond acceptors (Lipinski definition) is 3. The molecule has 0 bridgehead atoms. The Bertz CT molecular complexity index is 770. The van der Waals surface area contributed by atoms with Crippen molar-refractivity contribution < 1.29 is 9.59 Å². The summed E-state index contributed by atoms with van der Waals surface area (Å²) in [6.07, 6.45) is 7.57. The SMILES string of the molecule is CC(C)(C)CC(=O)N(Cc1cc(NC(=O)C2CCC2)ccc1Cl)C1CCCCC1N. The van der Waals surface area contributed by atoms with Gasteiger partial charge in [-0.15, -0.1) is 0 Å². The molecule has 2 aliphatic rings. The molecule has 1 aromatic rings. The van der Waals surface area contributed by atoms with E-state index in [4.69, 9.17) is 17.3 Å². The van der Waals surface area contributed by atoms with Crippen LogP contribution in [0, 0.1) is 11.3 Å². The molecule has 0 saturated heterocycles. The van der Waals surface area contributed by atoms with Crippen LogP contribution >= 0.6 is 11.6 Å². The Kier molecular flexibility index (Phi) is 7.46. The number of amides is 2. The van der Waals surface area contributed by atoms with E-state index in [1.165, 1.54) is 0 Å². The lowest BCUT2D eigenvalue weighted by Gasteiger charge is -2.39. The van der Waals surface area contributed by atoms with E-state index in [1.807, 2.05) is 17.0 Å². The van der Waals surface area contributed by atoms with Crippen molar-refractivity contribution >= 4 is 29.1 Å². The number of rotatable bonds is 6. The molecule has 2 aliphatic carbocycles. The van der Waals surface area contributed by atoms with Crippen LogP contribution in [0.2, 0.25) is 5.02 Å². The molecule has 1 aromatic carbocycles. The first-order valence-corrected chi connectivity index (χ1v) is 11.7. The highest BCUT2D eigenvalue weighted by Crippen LogP contribution is 2.31. The van der Waals surface area contributed by atoms with Gasteiger partial charge in [-0.05, 0) is 54.9 Å². The number of carbonyl (C=O) groups is 2. The van der Waals surface area contributed by atoms with Crippen LogP contribution in [0.5, 0.6) is 0 Å². The Labute approximate surface area is 185 Å². The quantitative estimate of drug-likeness (QED) is 0.654. The van der Waals surface area contributed by atoms with Crippen molar-refractivity contribution in [3.63, 3.8) is 0 Å². The van der Waals surface area contributed by atoms with Crippen molar-refractivity contribution in [2.24, 2.45) is 17.1 Å². The predicted molar refractivity (Wildman–Crippen MR) is 122 cm³/mol. The third kappa shape index (κ3) is 5.98. The third-order valence-electron chi connectivity index (χ3n) is 6.31. The summed E-state index contributed by atoms with van der Waals surface area (Å²) < 4.78 is 0. The van der Waals surface area contributed by atoms with Crippen LogP contribution in [0.25, 0.3) is 0 Å². The zero-order valence-corrected chi connectivity index (χ0v) is 19.3. The minimum atomic E-state index is -0.101. The molecule has 0 aromatic heterocycles. The highest BCUT2D eigenvalue weighted by atomic mass is 35.5. The van der Waals surface area contributed by atoms with E-state index in [1.54, 1.807) is 6.07 Å². The molecule has 0 heterocycles. The molecule has 2 amide bonds. The van der Waals surface area contributed by atoms with Crippen molar-refractivity contribution in [3.8, 4) is 0 Å². The summed E-state index contributed by atoms with van der Waals surface area (Å²) in [5.74, 6) is 0.309. The van der Waals surface area contributed by atoms with Gasteiger partial charge in [0.05, 0.1) is 0 Å². The molecule has 2 atom stereocenters. The molecule has 166 valence electrons. The van der Waals surface area contributed by atoms with Crippen molar-refractivity contribution in [1.82, 2.24) is 4.90 Å². The lowest BCUT2D eigenvalue weighted by atomic mass is 9.85. The molecule has 2 fully saturated rings. The van der Waals surface area contributed by atoms with E-state index in [0.29, 0.717) is 18.0 Å². The fourth-order valence-electron chi connectivity index (χ4n) is 4.34. The number of nitrogens with two attached hydrogens (primary N) is 1. The van der Waals surface area contributed by atoms with E-state index < -0.39 is 0 Å². The van der Waals surface area contributed by atoms with Gasteiger partial charge in [0, 0.05) is 41.7 Å². The zero-order chi connectivity index (χ0) is 21.9. The first kappa shape index (κ1) is 23.1. The Balaban J connectivity index is 1.80. The molecule has 6 heteroatoms. The molecule has 3 N–H and O–H groups in total. The summed E-state index contributed by atoms with van der Waals surface area (Å²) >= 11 is 6.51. The summed E-state index contributed by atoms with van der Waals surface area (Å²) in [5, 5.41) is 3.62. The van der Waals surface area contributed by atoms with Crippen LogP contribution in [0.1, 0.15) is 77.7 Å². The zero-order valence-electron chi connectivity index (χ0n) is 18.5. The molecule has 30 heavy (non-hydrogen) atoms. The van der Waals surface area contributed by atoms with Crippen LogP contribution in [0.15, 0.2) is 18.2 Å². The minimum absolute atomic E-state index is 0.0112. The average molecular weight is 434 g/mol. The van der Waals surface area contributed by atoms with Crippen LogP contribution in [0.4, 0.5) is 5.69 Å². The van der Waals surface area contributed by atoms with E-state index in [2.05, 4.69) is 26.1 Å². The van der Waals surface area contributed by atoms with Gasteiger partial charge in [0.25, 0.3) is 0 Å². The minimum Gasteiger partial charge on any atom is -0.334 e. The first-order valence-electron chi connectivity index (χ1n) is 11.3. The van der Waals surface area contributed by atoms with E-state index in [0.717, 1.165) is 56.2 Å². The normalized spacial score (nSPS) is 22.3. The lowest BCUT2D eigenvalue weighted by Crippen LogP contribution is -2.52. The molecular formula is C24H36ClN3O2.